The van der Waals surface area contributed by atoms with Crippen molar-refractivity contribution < 1.29 is 10.2 Å². The number of hydrogen-bond acceptors (Lipinski definition) is 2. The molecule has 0 bridgehead atoms. The topological polar surface area (TPSA) is 40.5 Å². The summed E-state index contributed by atoms with van der Waals surface area (Å²) < 4.78 is 0. The molecule has 0 aromatic carbocycles. The molecule has 2 rings (SSSR count). The van der Waals surface area contributed by atoms with E-state index in [9.17, 15) is 10.2 Å². The molecule has 2 saturated carbocycles. The SMILES string of the molecule is CC[C@]12CC(O)C(C)(O)CC(C)(C)C1CCC2C. The zero-order valence-corrected chi connectivity index (χ0v) is 12.7. The lowest BCUT2D eigenvalue weighted by molar-refractivity contribution is -0.0856. The van der Waals surface area contributed by atoms with Gasteiger partial charge in [0.1, 0.15) is 0 Å². The molecule has 0 spiro atoms. The lowest BCUT2D eigenvalue weighted by atomic mass is 9.60. The van der Waals surface area contributed by atoms with Gasteiger partial charge in [0.25, 0.3) is 0 Å². The Bertz CT molecular complexity index is 321. The molecule has 106 valence electrons. The van der Waals surface area contributed by atoms with Gasteiger partial charge in [0.15, 0.2) is 0 Å². The number of hydrogen-bond donors (Lipinski definition) is 2. The molecule has 2 N–H and O–H groups in total. The zero-order chi connectivity index (χ0) is 13.8. The molecule has 2 fully saturated rings. The molecule has 18 heavy (non-hydrogen) atoms. The molecule has 0 aromatic rings. The summed E-state index contributed by atoms with van der Waals surface area (Å²) in [6.45, 7) is 11.0. The summed E-state index contributed by atoms with van der Waals surface area (Å²) in [5.41, 5.74) is -0.596. The Hall–Kier alpha value is -0.0800. The Balaban J connectivity index is 2.46. The van der Waals surface area contributed by atoms with E-state index >= 15 is 0 Å². The summed E-state index contributed by atoms with van der Waals surface area (Å²) in [5.74, 6) is 1.30. The average Bonchev–Trinajstić information content (AvgIpc) is 2.52. The fourth-order valence-corrected chi connectivity index (χ4v) is 5.33. The van der Waals surface area contributed by atoms with Crippen LogP contribution in [-0.4, -0.2) is 21.9 Å². The van der Waals surface area contributed by atoms with E-state index in [1.807, 2.05) is 6.92 Å². The monoisotopic (exact) mass is 254 g/mol. The highest BCUT2D eigenvalue weighted by molar-refractivity contribution is 5.08. The van der Waals surface area contributed by atoms with E-state index in [2.05, 4.69) is 27.7 Å². The van der Waals surface area contributed by atoms with E-state index in [0.717, 1.165) is 12.8 Å². The predicted molar refractivity (Wildman–Crippen MR) is 74.3 cm³/mol. The van der Waals surface area contributed by atoms with Crippen LogP contribution in [0.5, 0.6) is 0 Å². The van der Waals surface area contributed by atoms with Gasteiger partial charge in [-0.2, -0.15) is 0 Å². The van der Waals surface area contributed by atoms with Crippen LogP contribution in [0.1, 0.15) is 66.7 Å². The highest BCUT2D eigenvalue weighted by atomic mass is 16.3. The minimum atomic E-state index is -0.935. The lowest BCUT2D eigenvalue weighted by Gasteiger charge is -2.44. The van der Waals surface area contributed by atoms with Crippen LogP contribution in [0, 0.1) is 22.7 Å². The number of aliphatic hydroxyl groups is 2. The molecule has 0 aromatic heterocycles. The van der Waals surface area contributed by atoms with Crippen molar-refractivity contribution in [2.75, 3.05) is 0 Å². The molecular weight excluding hydrogens is 224 g/mol. The van der Waals surface area contributed by atoms with Crippen molar-refractivity contribution in [1.29, 1.82) is 0 Å². The molecule has 0 heterocycles. The fourth-order valence-electron chi connectivity index (χ4n) is 5.33. The van der Waals surface area contributed by atoms with Gasteiger partial charge in [-0.15, -0.1) is 0 Å². The molecule has 0 saturated heterocycles. The van der Waals surface area contributed by atoms with Crippen molar-refractivity contribution in [2.24, 2.45) is 22.7 Å². The van der Waals surface area contributed by atoms with Crippen LogP contribution in [-0.2, 0) is 0 Å². The molecule has 0 radical (unpaired) electrons. The minimum Gasteiger partial charge on any atom is -0.390 e. The van der Waals surface area contributed by atoms with Crippen LogP contribution in [0.2, 0.25) is 0 Å². The first-order valence-electron chi connectivity index (χ1n) is 7.56. The van der Waals surface area contributed by atoms with E-state index < -0.39 is 11.7 Å². The first-order valence-corrected chi connectivity index (χ1v) is 7.56. The van der Waals surface area contributed by atoms with Gasteiger partial charge in [-0.25, -0.2) is 0 Å². The van der Waals surface area contributed by atoms with E-state index in [1.54, 1.807) is 0 Å². The maximum Gasteiger partial charge on any atom is 0.0882 e. The second-order valence-corrected chi connectivity index (χ2v) is 7.86. The predicted octanol–water partition coefficient (Wildman–Crippen LogP) is 3.36. The van der Waals surface area contributed by atoms with Crippen LogP contribution < -0.4 is 0 Å². The molecule has 2 aliphatic carbocycles. The average molecular weight is 254 g/mol. The number of rotatable bonds is 1. The third kappa shape index (κ3) is 1.92. The van der Waals surface area contributed by atoms with E-state index in [-0.39, 0.29) is 10.8 Å². The zero-order valence-electron chi connectivity index (χ0n) is 12.7. The Morgan fingerprint density at radius 3 is 2.33 bits per heavy atom. The van der Waals surface area contributed by atoms with Crippen LogP contribution in [0.4, 0.5) is 0 Å². The van der Waals surface area contributed by atoms with Crippen molar-refractivity contribution in [3.8, 4) is 0 Å². The molecule has 0 amide bonds. The van der Waals surface area contributed by atoms with Crippen LogP contribution in [0.25, 0.3) is 0 Å². The van der Waals surface area contributed by atoms with Gasteiger partial charge < -0.3 is 10.2 Å². The van der Waals surface area contributed by atoms with Crippen molar-refractivity contribution in [3.05, 3.63) is 0 Å². The largest absolute Gasteiger partial charge is 0.390 e. The first-order chi connectivity index (χ1) is 8.16. The molecule has 2 aliphatic rings. The van der Waals surface area contributed by atoms with Crippen molar-refractivity contribution in [3.63, 3.8) is 0 Å². The summed E-state index contributed by atoms with van der Waals surface area (Å²) in [6.07, 6.45) is 4.55. The summed E-state index contributed by atoms with van der Waals surface area (Å²) in [7, 11) is 0. The molecule has 4 unspecified atom stereocenters. The van der Waals surface area contributed by atoms with Gasteiger partial charge >= 0.3 is 0 Å². The molecule has 2 heteroatoms. The second kappa shape index (κ2) is 4.21. The summed E-state index contributed by atoms with van der Waals surface area (Å²) in [6, 6.07) is 0. The fraction of sp³-hybridized carbons (Fsp3) is 1.00. The van der Waals surface area contributed by atoms with Crippen LogP contribution in [0.3, 0.4) is 0 Å². The summed E-state index contributed by atoms with van der Waals surface area (Å²) in [5, 5.41) is 21.0. The molecule has 2 nitrogen and oxygen atoms in total. The van der Waals surface area contributed by atoms with Crippen molar-refractivity contribution in [2.45, 2.75) is 78.4 Å². The third-order valence-corrected chi connectivity index (χ3v) is 6.27. The normalized spacial score (nSPS) is 51.8. The quantitative estimate of drug-likeness (QED) is 0.753. The smallest absolute Gasteiger partial charge is 0.0882 e. The Kier molecular flexibility index (Phi) is 3.35. The minimum absolute atomic E-state index is 0.113. The number of aliphatic hydroxyl groups excluding tert-OH is 1. The highest BCUT2D eigenvalue weighted by Crippen LogP contribution is 2.63. The summed E-state index contributed by atoms with van der Waals surface area (Å²) in [4.78, 5) is 0. The van der Waals surface area contributed by atoms with Gasteiger partial charge in [0, 0.05) is 0 Å². The second-order valence-electron chi connectivity index (χ2n) is 7.86. The van der Waals surface area contributed by atoms with E-state index in [1.165, 1.54) is 12.8 Å². The van der Waals surface area contributed by atoms with Gasteiger partial charge in [-0.3, -0.25) is 0 Å². The van der Waals surface area contributed by atoms with Gasteiger partial charge in [-0.1, -0.05) is 27.7 Å². The van der Waals surface area contributed by atoms with Gasteiger partial charge in [0.05, 0.1) is 11.7 Å². The Labute approximate surface area is 112 Å². The first kappa shape index (κ1) is 14.3. The lowest BCUT2D eigenvalue weighted by Crippen LogP contribution is -2.42. The molecular formula is C16H30O2. The number of fused-ring (bicyclic) bond motifs is 1. The van der Waals surface area contributed by atoms with Crippen LogP contribution in [0.15, 0.2) is 0 Å². The standard InChI is InChI=1S/C16H30O2/c1-6-16-9-13(17)15(5,18)10-14(3,4)12(16)8-7-11(16)2/h11-13,17-18H,6-10H2,1-5H3/t11?,12?,13?,15?,16-/m1/s1. The Morgan fingerprint density at radius 2 is 1.78 bits per heavy atom. The van der Waals surface area contributed by atoms with Crippen LogP contribution >= 0.6 is 0 Å². The molecule has 5 atom stereocenters. The maximum absolute atomic E-state index is 10.6. The maximum atomic E-state index is 10.6. The van der Waals surface area contributed by atoms with Gasteiger partial charge in [-0.05, 0) is 61.7 Å². The van der Waals surface area contributed by atoms with Crippen molar-refractivity contribution in [1.82, 2.24) is 0 Å². The Morgan fingerprint density at radius 1 is 1.17 bits per heavy atom. The highest BCUT2D eigenvalue weighted by Gasteiger charge is 2.58. The van der Waals surface area contributed by atoms with Gasteiger partial charge in [0.2, 0.25) is 0 Å². The third-order valence-electron chi connectivity index (χ3n) is 6.27. The van der Waals surface area contributed by atoms with Crippen molar-refractivity contribution >= 4 is 0 Å². The summed E-state index contributed by atoms with van der Waals surface area (Å²) >= 11 is 0. The van der Waals surface area contributed by atoms with E-state index in [4.69, 9.17) is 0 Å². The van der Waals surface area contributed by atoms with E-state index in [0.29, 0.717) is 18.3 Å². The molecule has 0 aliphatic heterocycles.